The van der Waals surface area contributed by atoms with Gasteiger partial charge in [-0.2, -0.15) is 0 Å². The highest BCUT2D eigenvalue weighted by Gasteiger charge is 1.97. The van der Waals surface area contributed by atoms with Gasteiger partial charge in [-0.1, -0.05) is 0 Å². The Labute approximate surface area is 60.0 Å². The minimum Gasteiger partial charge on any atom is -0.481 e. The fraction of sp³-hybridized carbons (Fsp3) is 0.833. The van der Waals surface area contributed by atoms with Gasteiger partial charge in [0.25, 0.3) is 0 Å². The Balaban J connectivity index is 2.98. The van der Waals surface area contributed by atoms with Gasteiger partial charge in [0, 0.05) is 6.04 Å². The van der Waals surface area contributed by atoms with Gasteiger partial charge in [0.15, 0.2) is 0 Å². The van der Waals surface area contributed by atoms with E-state index in [-0.39, 0.29) is 19.1 Å². The molecule has 0 aromatic heterocycles. The fourth-order valence-corrected chi connectivity index (χ4v) is 0.429. The molecule has 0 fully saturated rings. The summed E-state index contributed by atoms with van der Waals surface area (Å²) in [6, 6.07) is -0.0196. The van der Waals surface area contributed by atoms with Gasteiger partial charge in [0.2, 0.25) is 0 Å². The molecule has 3 N–H and O–H groups in total. The first-order chi connectivity index (χ1) is 4.63. The molecule has 0 aliphatic heterocycles. The zero-order valence-electron chi connectivity index (χ0n) is 6.04. The van der Waals surface area contributed by atoms with Gasteiger partial charge in [0.05, 0.1) is 19.6 Å². The molecule has 10 heavy (non-hydrogen) atoms. The lowest BCUT2D eigenvalue weighted by Crippen LogP contribution is -2.22. The Kier molecular flexibility index (Phi) is 4.88. The van der Waals surface area contributed by atoms with Crippen LogP contribution in [0.4, 0.5) is 0 Å². The lowest BCUT2D eigenvalue weighted by molar-refractivity contribution is -0.138. The zero-order valence-corrected chi connectivity index (χ0v) is 6.04. The summed E-state index contributed by atoms with van der Waals surface area (Å²) < 4.78 is 4.90. The molecule has 0 rings (SSSR count). The largest absolute Gasteiger partial charge is 0.481 e. The van der Waals surface area contributed by atoms with Crippen LogP contribution < -0.4 is 5.73 Å². The molecule has 4 nitrogen and oxygen atoms in total. The smallest absolute Gasteiger partial charge is 0.305 e. The molecule has 0 aromatic carbocycles. The molecular weight excluding hydrogens is 134 g/mol. The third kappa shape index (κ3) is 7.39. The minimum absolute atomic E-state index is 0.0196. The molecule has 1 atom stereocenters. The average molecular weight is 147 g/mol. The van der Waals surface area contributed by atoms with E-state index in [1.165, 1.54) is 0 Å². The quantitative estimate of drug-likeness (QED) is 0.529. The van der Waals surface area contributed by atoms with Crippen molar-refractivity contribution < 1.29 is 14.6 Å². The van der Waals surface area contributed by atoms with Crippen LogP contribution in [0.15, 0.2) is 0 Å². The first kappa shape index (κ1) is 9.39. The van der Waals surface area contributed by atoms with Crippen molar-refractivity contribution in [3.63, 3.8) is 0 Å². The van der Waals surface area contributed by atoms with Gasteiger partial charge < -0.3 is 15.6 Å². The first-order valence-corrected chi connectivity index (χ1v) is 3.18. The molecule has 0 radical (unpaired) electrons. The Morgan fingerprint density at radius 3 is 2.80 bits per heavy atom. The zero-order chi connectivity index (χ0) is 7.98. The first-order valence-electron chi connectivity index (χ1n) is 3.18. The maximum absolute atomic E-state index is 9.93. The van der Waals surface area contributed by atoms with Crippen LogP contribution >= 0.6 is 0 Å². The van der Waals surface area contributed by atoms with E-state index >= 15 is 0 Å². The van der Waals surface area contributed by atoms with Crippen molar-refractivity contribution in [2.75, 3.05) is 13.2 Å². The molecule has 0 amide bonds. The molecule has 0 heterocycles. The number of rotatable bonds is 5. The topological polar surface area (TPSA) is 72.5 Å². The van der Waals surface area contributed by atoms with Crippen LogP contribution in [0.25, 0.3) is 0 Å². The summed E-state index contributed by atoms with van der Waals surface area (Å²) in [7, 11) is 0. The maximum Gasteiger partial charge on any atom is 0.305 e. The van der Waals surface area contributed by atoms with E-state index in [0.29, 0.717) is 6.61 Å². The molecule has 0 aromatic rings. The molecule has 0 saturated carbocycles. The van der Waals surface area contributed by atoms with Gasteiger partial charge in [-0.3, -0.25) is 4.79 Å². The number of aliphatic carboxylic acids is 1. The molecule has 0 bridgehead atoms. The second-order valence-electron chi connectivity index (χ2n) is 2.20. The van der Waals surface area contributed by atoms with Gasteiger partial charge >= 0.3 is 5.97 Å². The van der Waals surface area contributed by atoms with Crippen LogP contribution in [0.1, 0.15) is 13.3 Å². The molecule has 0 saturated heterocycles. The summed E-state index contributed by atoms with van der Waals surface area (Å²) in [4.78, 5) is 9.93. The maximum atomic E-state index is 9.93. The number of nitrogens with two attached hydrogens (primary N) is 1. The Bertz CT molecular complexity index is 103. The van der Waals surface area contributed by atoms with Crippen molar-refractivity contribution in [2.45, 2.75) is 19.4 Å². The van der Waals surface area contributed by atoms with Crippen LogP contribution in [0.2, 0.25) is 0 Å². The summed E-state index contributed by atoms with van der Waals surface area (Å²) in [6.07, 6.45) is 0.0483. The van der Waals surface area contributed by atoms with Gasteiger partial charge in [-0.25, -0.2) is 0 Å². The fourth-order valence-electron chi connectivity index (χ4n) is 0.429. The van der Waals surface area contributed by atoms with E-state index in [4.69, 9.17) is 15.6 Å². The highest BCUT2D eigenvalue weighted by Crippen LogP contribution is 1.84. The number of ether oxygens (including phenoxy) is 1. The summed E-state index contributed by atoms with van der Waals surface area (Å²) in [5.74, 6) is -0.843. The highest BCUT2D eigenvalue weighted by atomic mass is 16.5. The number of carbonyl (C=O) groups is 1. The molecule has 60 valence electrons. The lowest BCUT2D eigenvalue weighted by atomic mass is 10.4. The minimum atomic E-state index is -0.843. The van der Waals surface area contributed by atoms with Crippen molar-refractivity contribution in [1.82, 2.24) is 0 Å². The second-order valence-corrected chi connectivity index (χ2v) is 2.20. The molecule has 0 spiro atoms. The second kappa shape index (κ2) is 5.20. The van der Waals surface area contributed by atoms with Crippen LogP contribution in [0.3, 0.4) is 0 Å². The summed E-state index contributed by atoms with van der Waals surface area (Å²) in [5, 5.41) is 8.17. The van der Waals surface area contributed by atoms with E-state index in [0.717, 1.165) is 0 Å². The van der Waals surface area contributed by atoms with Crippen molar-refractivity contribution in [1.29, 1.82) is 0 Å². The van der Waals surface area contributed by atoms with Crippen LogP contribution in [-0.4, -0.2) is 30.3 Å². The van der Waals surface area contributed by atoms with E-state index in [9.17, 15) is 4.79 Å². The van der Waals surface area contributed by atoms with Crippen LogP contribution in [0.5, 0.6) is 0 Å². The predicted octanol–water partition coefficient (Wildman–Crippen LogP) is -0.175. The highest BCUT2D eigenvalue weighted by molar-refractivity contribution is 5.66. The third-order valence-electron chi connectivity index (χ3n) is 0.841. The summed E-state index contributed by atoms with van der Waals surface area (Å²) >= 11 is 0. The van der Waals surface area contributed by atoms with Crippen LogP contribution in [0, 0.1) is 0 Å². The molecule has 0 aliphatic carbocycles. The summed E-state index contributed by atoms with van der Waals surface area (Å²) in [5.41, 5.74) is 5.34. The predicted molar refractivity (Wildman–Crippen MR) is 36.7 cm³/mol. The van der Waals surface area contributed by atoms with E-state index in [1.54, 1.807) is 6.92 Å². The number of carboxylic acid groups (broad SMARTS) is 1. The Morgan fingerprint density at radius 2 is 2.40 bits per heavy atom. The lowest BCUT2D eigenvalue weighted by Gasteiger charge is -2.04. The van der Waals surface area contributed by atoms with Crippen molar-refractivity contribution in [3.05, 3.63) is 0 Å². The van der Waals surface area contributed by atoms with Gasteiger partial charge in [0.1, 0.15) is 0 Å². The normalized spacial score (nSPS) is 13.0. The molecule has 0 unspecified atom stereocenters. The summed E-state index contributed by atoms with van der Waals surface area (Å²) in [6.45, 7) is 2.48. The van der Waals surface area contributed by atoms with Crippen molar-refractivity contribution in [3.8, 4) is 0 Å². The molecular formula is C6H13NO3. The average Bonchev–Trinajstić information content (AvgIpc) is 1.79. The standard InChI is InChI=1S/C6H13NO3/c1-5(7)4-10-3-2-6(8)9/h5H,2-4,7H2,1H3,(H,8,9)/t5-/m1/s1. The van der Waals surface area contributed by atoms with Crippen LogP contribution in [-0.2, 0) is 9.53 Å². The third-order valence-corrected chi connectivity index (χ3v) is 0.841. The Hall–Kier alpha value is -0.610. The van der Waals surface area contributed by atoms with E-state index in [2.05, 4.69) is 0 Å². The van der Waals surface area contributed by atoms with E-state index in [1.807, 2.05) is 0 Å². The Morgan fingerprint density at radius 1 is 1.80 bits per heavy atom. The molecule has 0 aliphatic rings. The van der Waals surface area contributed by atoms with Gasteiger partial charge in [-0.15, -0.1) is 0 Å². The van der Waals surface area contributed by atoms with Crippen molar-refractivity contribution in [2.24, 2.45) is 5.73 Å². The SMILES string of the molecule is C[C@@H](N)COCCC(=O)O. The van der Waals surface area contributed by atoms with E-state index < -0.39 is 5.97 Å². The monoisotopic (exact) mass is 147 g/mol. The molecule has 4 heteroatoms. The number of hydrogen-bond acceptors (Lipinski definition) is 3. The van der Waals surface area contributed by atoms with Crippen molar-refractivity contribution >= 4 is 5.97 Å². The van der Waals surface area contributed by atoms with Gasteiger partial charge in [-0.05, 0) is 6.92 Å². The number of hydrogen-bond donors (Lipinski definition) is 2. The number of carboxylic acids is 1.